The molecule has 1 aromatic rings. The molecule has 1 aliphatic rings. The van der Waals surface area contributed by atoms with Crippen molar-refractivity contribution in [3.05, 3.63) is 47.8 Å². The van der Waals surface area contributed by atoms with Crippen molar-refractivity contribution in [3.63, 3.8) is 0 Å². The third kappa shape index (κ3) is 6.29. The Balaban J connectivity index is 1.71. The molecule has 122 valence electrons. The average molecular weight is 305 g/mol. The molecule has 0 aromatic heterocycles. The summed E-state index contributed by atoms with van der Waals surface area (Å²) in [6, 6.07) is 10.3. The minimum absolute atomic E-state index is 0.0175. The van der Waals surface area contributed by atoms with Gasteiger partial charge in [0.1, 0.15) is 5.83 Å². The van der Waals surface area contributed by atoms with Crippen molar-refractivity contribution in [2.75, 3.05) is 19.6 Å². The molecule has 1 saturated heterocycles. The number of hydrogen-bond acceptors (Lipinski definition) is 2. The Morgan fingerprint density at radius 3 is 2.45 bits per heavy atom. The maximum absolute atomic E-state index is 13.9. The second-order valence-corrected chi connectivity index (χ2v) is 7.23. The van der Waals surface area contributed by atoms with Crippen LogP contribution in [0.25, 0.3) is 0 Å². The van der Waals surface area contributed by atoms with E-state index in [2.05, 4.69) is 17.0 Å². The molecule has 1 aromatic carbocycles. The molecule has 0 bridgehead atoms. The Labute approximate surface area is 134 Å². The molecule has 0 atom stereocenters. The fourth-order valence-corrected chi connectivity index (χ4v) is 2.75. The van der Waals surface area contributed by atoms with Gasteiger partial charge in [-0.3, -0.25) is 4.90 Å². The molecule has 0 N–H and O–H groups in total. The van der Waals surface area contributed by atoms with Crippen molar-refractivity contribution in [1.82, 2.24) is 4.90 Å². The lowest BCUT2D eigenvalue weighted by Crippen LogP contribution is -2.37. The van der Waals surface area contributed by atoms with E-state index in [0.717, 1.165) is 25.9 Å². The Morgan fingerprint density at radius 1 is 1.23 bits per heavy atom. The topological polar surface area (TPSA) is 12.5 Å². The summed E-state index contributed by atoms with van der Waals surface area (Å²) in [5, 5.41) is 0. The summed E-state index contributed by atoms with van der Waals surface area (Å²) in [6.45, 7) is 8.99. The molecule has 0 aliphatic carbocycles. The molecule has 22 heavy (non-hydrogen) atoms. The first-order valence-electron chi connectivity index (χ1n) is 8.17. The molecule has 1 heterocycles. The maximum Gasteiger partial charge on any atom is 0.110 e. The normalized spacial score (nSPS) is 18.6. The van der Waals surface area contributed by atoms with Crippen LogP contribution in [0.5, 0.6) is 0 Å². The molecule has 0 radical (unpaired) electrons. The van der Waals surface area contributed by atoms with Crippen molar-refractivity contribution in [1.29, 1.82) is 0 Å². The molecule has 0 amide bonds. The molecule has 2 nitrogen and oxygen atoms in total. The van der Waals surface area contributed by atoms with Crippen LogP contribution in [-0.2, 0) is 11.3 Å². The minimum Gasteiger partial charge on any atom is -0.373 e. The monoisotopic (exact) mass is 305 g/mol. The Kier molecular flexibility index (Phi) is 6.16. The summed E-state index contributed by atoms with van der Waals surface area (Å²) in [6.07, 6.45) is 3.99. The number of hydrogen-bond donors (Lipinski definition) is 0. The van der Waals surface area contributed by atoms with Crippen LogP contribution in [0.15, 0.2) is 42.2 Å². The fourth-order valence-electron chi connectivity index (χ4n) is 2.75. The SMILES string of the molecule is CC(C)(C)/C=C(\F)CN1CCC(OCc2ccccc2)CC1. The number of nitrogens with zero attached hydrogens (tertiary/aromatic N) is 1. The van der Waals surface area contributed by atoms with Gasteiger partial charge in [-0.2, -0.15) is 0 Å². The van der Waals surface area contributed by atoms with Gasteiger partial charge in [0, 0.05) is 19.6 Å². The highest BCUT2D eigenvalue weighted by Gasteiger charge is 2.21. The largest absolute Gasteiger partial charge is 0.373 e. The minimum atomic E-state index is -0.0960. The van der Waals surface area contributed by atoms with E-state index in [1.165, 1.54) is 5.56 Å². The van der Waals surface area contributed by atoms with Gasteiger partial charge in [0.05, 0.1) is 12.7 Å². The van der Waals surface area contributed by atoms with Gasteiger partial charge in [-0.05, 0) is 29.9 Å². The summed E-state index contributed by atoms with van der Waals surface area (Å²) in [5.74, 6) is -0.0175. The van der Waals surface area contributed by atoms with Crippen LogP contribution in [-0.4, -0.2) is 30.6 Å². The van der Waals surface area contributed by atoms with Gasteiger partial charge in [-0.25, -0.2) is 4.39 Å². The van der Waals surface area contributed by atoms with Gasteiger partial charge in [-0.15, -0.1) is 0 Å². The van der Waals surface area contributed by atoms with E-state index in [9.17, 15) is 4.39 Å². The summed E-state index contributed by atoms with van der Waals surface area (Å²) >= 11 is 0. The predicted octanol–water partition coefficient (Wildman–Crippen LogP) is 4.57. The third-order valence-electron chi connectivity index (χ3n) is 3.83. The van der Waals surface area contributed by atoms with Crippen LogP contribution in [0.4, 0.5) is 4.39 Å². The lowest BCUT2D eigenvalue weighted by molar-refractivity contribution is -0.00161. The zero-order valence-electron chi connectivity index (χ0n) is 14.0. The number of likely N-dealkylation sites (tertiary alicyclic amines) is 1. The van der Waals surface area contributed by atoms with Gasteiger partial charge in [-0.1, -0.05) is 51.1 Å². The van der Waals surface area contributed by atoms with Crippen LogP contribution in [0.3, 0.4) is 0 Å². The first kappa shape index (κ1) is 17.2. The van der Waals surface area contributed by atoms with Crippen LogP contribution < -0.4 is 0 Å². The van der Waals surface area contributed by atoms with Crippen molar-refractivity contribution >= 4 is 0 Å². The maximum atomic E-state index is 13.9. The van der Waals surface area contributed by atoms with E-state index in [1.54, 1.807) is 6.08 Å². The highest BCUT2D eigenvalue weighted by Crippen LogP contribution is 2.21. The smallest absolute Gasteiger partial charge is 0.110 e. The van der Waals surface area contributed by atoms with Gasteiger partial charge >= 0.3 is 0 Å². The average Bonchev–Trinajstić information content (AvgIpc) is 2.45. The highest BCUT2D eigenvalue weighted by atomic mass is 19.1. The number of ether oxygens (including phenoxy) is 1. The molecule has 1 aliphatic heterocycles. The summed E-state index contributed by atoms with van der Waals surface area (Å²) < 4.78 is 19.9. The summed E-state index contributed by atoms with van der Waals surface area (Å²) in [7, 11) is 0. The van der Waals surface area contributed by atoms with Gasteiger partial charge < -0.3 is 4.74 Å². The van der Waals surface area contributed by atoms with Crippen LogP contribution in [0.2, 0.25) is 0 Å². The number of benzene rings is 1. The Hall–Kier alpha value is -1.19. The quantitative estimate of drug-likeness (QED) is 0.790. The van der Waals surface area contributed by atoms with Crippen LogP contribution in [0.1, 0.15) is 39.2 Å². The number of rotatable bonds is 5. The van der Waals surface area contributed by atoms with E-state index in [-0.39, 0.29) is 11.2 Å². The van der Waals surface area contributed by atoms with E-state index >= 15 is 0 Å². The predicted molar refractivity (Wildman–Crippen MR) is 89.3 cm³/mol. The summed E-state index contributed by atoms with van der Waals surface area (Å²) in [5.41, 5.74) is 1.12. The molecule has 0 saturated carbocycles. The van der Waals surface area contributed by atoms with Crippen molar-refractivity contribution in [2.45, 2.75) is 46.3 Å². The first-order valence-corrected chi connectivity index (χ1v) is 8.17. The zero-order valence-corrected chi connectivity index (χ0v) is 14.0. The molecular formula is C19H28FNO. The van der Waals surface area contributed by atoms with Gasteiger partial charge in [0.25, 0.3) is 0 Å². The zero-order chi connectivity index (χ0) is 16.0. The lowest BCUT2D eigenvalue weighted by Gasteiger charge is -2.31. The molecule has 0 unspecified atom stereocenters. The number of piperidine rings is 1. The molecule has 1 fully saturated rings. The Morgan fingerprint density at radius 2 is 1.86 bits per heavy atom. The van der Waals surface area contributed by atoms with E-state index < -0.39 is 0 Å². The lowest BCUT2D eigenvalue weighted by atomic mass is 9.96. The second-order valence-electron chi connectivity index (χ2n) is 7.23. The fraction of sp³-hybridized carbons (Fsp3) is 0.579. The van der Waals surface area contributed by atoms with Gasteiger partial charge in [0.2, 0.25) is 0 Å². The van der Waals surface area contributed by atoms with Crippen molar-refractivity contribution < 1.29 is 9.13 Å². The molecule has 0 spiro atoms. The Bertz CT molecular complexity index is 470. The van der Waals surface area contributed by atoms with Crippen LogP contribution in [0, 0.1) is 5.41 Å². The standard InChI is InChI=1S/C19H28FNO/c1-19(2,3)13-17(20)14-21-11-9-18(10-12-21)22-15-16-7-5-4-6-8-16/h4-8,13,18H,9-12,14-15H2,1-3H3/b17-13-. The van der Waals surface area contributed by atoms with E-state index in [4.69, 9.17) is 4.74 Å². The molecular weight excluding hydrogens is 277 g/mol. The second kappa shape index (κ2) is 7.89. The third-order valence-corrected chi connectivity index (χ3v) is 3.83. The highest BCUT2D eigenvalue weighted by molar-refractivity contribution is 5.13. The molecule has 3 heteroatoms. The van der Waals surface area contributed by atoms with Crippen molar-refractivity contribution in [2.24, 2.45) is 5.41 Å². The summed E-state index contributed by atoms with van der Waals surface area (Å²) in [4.78, 5) is 2.18. The van der Waals surface area contributed by atoms with Crippen LogP contribution >= 0.6 is 0 Å². The van der Waals surface area contributed by atoms with Gasteiger partial charge in [0.15, 0.2) is 0 Å². The van der Waals surface area contributed by atoms with E-state index in [1.807, 2.05) is 39.0 Å². The molecule has 2 rings (SSSR count). The first-order chi connectivity index (χ1) is 10.4. The number of halogens is 1. The number of allylic oxidation sites excluding steroid dienone is 1. The van der Waals surface area contributed by atoms with Crippen molar-refractivity contribution in [3.8, 4) is 0 Å². The van der Waals surface area contributed by atoms with E-state index in [0.29, 0.717) is 19.3 Å².